The minimum Gasteiger partial charge on any atom is -0.352 e. The van der Waals surface area contributed by atoms with Crippen LogP contribution in [0.2, 0.25) is 0 Å². The van der Waals surface area contributed by atoms with Gasteiger partial charge in [-0.25, -0.2) is 4.98 Å². The number of hydrogen-bond acceptors (Lipinski definition) is 5. The molecule has 0 aromatic carbocycles. The number of thiophene rings is 1. The van der Waals surface area contributed by atoms with Crippen LogP contribution >= 0.6 is 23.1 Å². The number of amides is 1. The van der Waals surface area contributed by atoms with Crippen LogP contribution in [0.15, 0.2) is 9.95 Å². The summed E-state index contributed by atoms with van der Waals surface area (Å²) in [4.78, 5) is 34.6. The number of hydrogen-bond donors (Lipinski definition) is 2. The van der Waals surface area contributed by atoms with E-state index in [1.54, 1.807) is 11.3 Å². The van der Waals surface area contributed by atoms with Crippen LogP contribution in [0, 0.1) is 11.8 Å². The van der Waals surface area contributed by atoms with Crippen LogP contribution in [-0.4, -0.2) is 27.7 Å². The molecule has 27 heavy (non-hydrogen) atoms. The third-order valence-corrected chi connectivity index (χ3v) is 7.96. The smallest absolute Gasteiger partial charge is 0.260 e. The van der Waals surface area contributed by atoms with Crippen LogP contribution < -0.4 is 10.9 Å². The zero-order chi connectivity index (χ0) is 19.0. The summed E-state index contributed by atoms with van der Waals surface area (Å²) in [5, 5.41) is 4.48. The first-order chi connectivity index (χ1) is 13.0. The van der Waals surface area contributed by atoms with Gasteiger partial charge >= 0.3 is 0 Å². The van der Waals surface area contributed by atoms with Gasteiger partial charge in [-0.2, -0.15) is 0 Å². The molecular formula is C20H27N3O2S2. The maximum atomic E-state index is 12.6. The highest BCUT2D eigenvalue weighted by molar-refractivity contribution is 7.99. The highest BCUT2D eigenvalue weighted by Crippen LogP contribution is 2.36. The number of nitrogens with one attached hydrogen (secondary N) is 2. The van der Waals surface area contributed by atoms with Crippen LogP contribution in [0.3, 0.4) is 0 Å². The van der Waals surface area contributed by atoms with Crippen LogP contribution in [0.25, 0.3) is 10.2 Å². The van der Waals surface area contributed by atoms with Crippen LogP contribution in [-0.2, 0) is 17.6 Å². The normalized spacial score (nSPS) is 25.3. The molecule has 3 atom stereocenters. The monoisotopic (exact) mass is 405 g/mol. The van der Waals surface area contributed by atoms with Crippen molar-refractivity contribution in [3.05, 3.63) is 20.8 Å². The minimum atomic E-state index is -0.0594. The molecule has 0 unspecified atom stereocenters. The van der Waals surface area contributed by atoms with Gasteiger partial charge in [0.05, 0.1) is 11.1 Å². The second-order valence-electron chi connectivity index (χ2n) is 8.13. The predicted molar refractivity (Wildman–Crippen MR) is 112 cm³/mol. The summed E-state index contributed by atoms with van der Waals surface area (Å²) < 4.78 is 0. The van der Waals surface area contributed by atoms with Gasteiger partial charge in [0.15, 0.2) is 5.16 Å². The van der Waals surface area contributed by atoms with Crippen molar-refractivity contribution in [2.75, 3.05) is 5.75 Å². The van der Waals surface area contributed by atoms with Crippen molar-refractivity contribution in [2.24, 2.45) is 11.8 Å². The van der Waals surface area contributed by atoms with Gasteiger partial charge in [-0.3, -0.25) is 9.59 Å². The molecule has 4 rings (SSSR count). The first-order valence-electron chi connectivity index (χ1n) is 9.98. The highest BCUT2D eigenvalue weighted by atomic mass is 32.2. The van der Waals surface area contributed by atoms with E-state index in [1.807, 2.05) is 0 Å². The van der Waals surface area contributed by atoms with Crippen LogP contribution in [0.5, 0.6) is 0 Å². The summed E-state index contributed by atoms with van der Waals surface area (Å²) in [5.41, 5.74) is 1.14. The fourth-order valence-corrected chi connectivity index (χ4v) is 6.42. The zero-order valence-electron chi connectivity index (χ0n) is 16.0. The number of aromatic amines is 1. The Morgan fingerprint density at radius 1 is 1.30 bits per heavy atom. The number of H-pyrrole nitrogens is 1. The first-order valence-corrected chi connectivity index (χ1v) is 11.8. The number of aromatic nitrogens is 2. The van der Waals surface area contributed by atoms with Crippen molar-refractivity contribution < 1.29 is 4.79 Å². The maximum Gasteiger partial charge on any atom is 0.260 e. The van der Waals surface area contributed by atoms with Gasteiger partial charge in [-0.1, -0.05) is 38.5 Å². The molecule has 0 radical (unpaired) electrons. The van der Waals surface area contributed by atoms with Crippen molar-refractivity contribution >= 4 is 39.2 Å². The summed E-state index contributed by atoms with van der Waals surface area (Å²) in [5.74, 6) is 1.53. The van der Waals surface area contributed by atoms with Crippen LogP contribution in [0.4, 0.5) is 0 Å². The van der Waals surface area contributed by atoms with Gasteiger partial charge in [0.25, 0.3) is 5.56 Å². The topological polar surface area (TPSA) is 74.8 Å². The molecule has 1 saturated carbocycles. The lowest BCUT2D eigenvalue weighted by Crippen LogP contribution is -2.41. The van der Waals surface area contributed by atoms with Crippen molar-refractivity contribution in [3.8, 4) is 0 Å². The van der Waals surface area contributed by atoms with E-state index >= 15 is 0 Å². The Bertz CT molecular complexity index is 904. The fourth-order valence-electron chi connectivity index (χ4n) is 4.31. The zero-order valence-corrected chi connectivity index (χ0v) is 17.6. The van der Waals surface area contributed by atoms with Gasteiger partial charge < -0.3 is 10.3 Å². The molecule has 2 N–H and O–H groups in total. The van der Waals surface area contributed by atoms with Gasteiger partial charge in [0.1, 0.15) is 4.83 Å². The number of rotatable bonds is 4. The molecule has 0 saturated heterocycles. The largest absolute Gasteiger partial charge is 0.352 e. The Hall–Kier alpha value is -1.34. The molecule has 5 nitrogen and oxygen atoms in total. The molecule has 0 aliphatic heterocycles. The van der Waals surface area contributed by atoms with E-state index < -0.39 is 0 Å². The summed E-state index contributed by atoms with van der Waals surface area (Å²) in [6.07, 6.45) is 7.85. The van der Waals surface area contributed by atoms with E-state index in [0.717, 1.165) is 35.9 Å². The molecule has 1 fully saturated rings. The van der Waals surface area contributed by atoms with E-state index in [2.05, 4.69) is 29.1 Å². The molecule has 2 heterocycles. The van der Waals surface area contributed by atoms with Gasteiger partial charge in [0.2, 0.25) is 5.91 Å². The fraction of sp³-hybridized carbons (Fsp3) is 0.650. The standard InChI is InChI=1S/C20H27N3O2S2/c1-11-7-8-13-15(9-11)27-19-17(13)18(25)22-20(23-19)26-10-16(24)21-14-6-4-3-5-12(14)2/h11-12,14H,3-10H2,1-2H3,(H,21,24)(H,22,23,25)/t11-,12+,14+/m1/s1. The number of carbonyl (C=O) groups excluding carboxylic acids is 1. The maximum absolute atomic E-state index is 12.6. The third kappa shape index (κ3) is 4.09. The van der Waals surface area contributed by atoms with Gasteiger partial charge in [-0.15, -0.1) is 11.3 Å². The Kier molecular flexibility index (Phi) is 5.60. The molecule has 1 amide bonds. The Balaban J connectivity index is 1.45. The van der Waals surface area contributed by atoms with Crippen molar-refractivity contribution in [3.63, 3.8) is 0 Å². The predicted octanol–water partition coefficient (Wildman–Crippen LogP) is 3.90. The quantitative estimate of drug-likeness (QED) is 0.598. The molecule has 2 aromatic heterocycles. The van der Waals surface area contributed by atoms with E-state index in [4.69, 9.17) is 0 Å². The summed E-state index contributed by atoms with van der Waals surface area (Å²) in [6, 6.07) is 0.285. The molecule has 0 bridgehead atoms. The second kappa shape index (κ2) is 7.95. The molecular weight excluding hydrogens is 378 g/mol. The molecule has 2 aromatic rings. The third-order valence-electron chi connectivity index (χ3n) is 5.94. The summed E-state index contributed by atoms with van der Waals surface area (Å²) in [7, 11) is 0. The van der Waals surface area contributed by atoms with Crippen molar-refractivity contribution in [1.82, 2.24) is 15.3 Å². The van der Waals surface area contributed by atoms with Crippen molar-refractivity contribution in [1.29, 1.82) is 0 Å². The number of thioether (sulfide) groups is 1. The average molecular weight is 406 g/mol. The first kappa shape index (κ1) is 19.0. The lowest BCUT2D eigenvalue weighted by molar-refractivity contribution is -0.119. The van der Waals surface area contributed by atoms with E-state index in [9.17, 15) is 9.59 Å². The van der Waals surface area contributed by atoms with E-state index in [1.165, 1.54) is 41.5 Å². The Labute approximate surface area is 167 Å². The van der Waals surface area contributed by atoms with Gasteiger partial charge in [0, 0.05) is 10.9 Å². The number of fused-ring (bicyclic) bond motifs is 3. The number of nitrogens with zero attached hydrogens (tertiary/aromatic N) is 1. The minimum absolute atomic E-state index is 0.0285. The summed E-state index contributed by atoms with van der Waals surface area (Å²) in [6.45, 7) is 4.47. The van der Waals surface area contributed by atoms with Gasteiger partial charge in [-0.05, 0) is 49.5 Å². The summed E-state index contributed by atoms with van der Waals surface area (Å²) >= 11 is 2.97. The number of aryl methyl sites for hydroxylation is 1. The average Bonchev–Trinajstić information content (AvgIpc) is 2.99. The lowest BCUT2D eigenvalue weighted by Gasteiger charge is -2.29. The van der Waals surface area contributed by atoms with E-state index in [-0.39, 0.29) is 17.5 Å². The lowest BCUT2D eigenvalue weighted by atomic mass is 9.86. The number of carbonyl (C=O) groups is 1. The Morgan fingerprint density at radius 2 is 2.11 bits per heavy atom. The second-order valence-corrected chi connectivity index (χ2v) is 10.2. The van der Waals surface area contributed by atoms with E-state index in [0.29, 0.717) is 22.7 Å². The van der Waals surface area contributed by atoms with Crippen LogP contribution in [0.1, 0.15) is 56.4 Å². The highest BCUT2D eigenvalue weighted by Gasteiger charge is 2.24. The molecule has 146 valence electrons. The van der Waals surface area contributed by atoms with Crippen molar-refractivity contribution in [2.45, 2.75) is 70.0 Å². The molecule has 0 spiro atoms. The molecule has 2 aliphatic rings. The molecule has 7 heteroatoms. The SMILES string of the molecule is C[C@@H]1CCc2c(sc3nc(SCC(=O)N[C@H]4CCCC[C@@H]4C)[nH]c(=O)c23)C1. The Morgan fingerprint density at radius 3 is 2.93 bits per heavy atom. The molecule has 2 aliphatic carbocycles.